The molecule has 0 aliphatic carbocycles. The first-order chi connectivity index (χ1) is 26.4. The number of methoxy groups -OCH3 is 2. The minimum atomic E-state index is -1.98. The minimum Gasteiger partial charge on any atom is -0.497 e. The van der Waals surface area contributed by atoms with Crippen LogP contribution in [-0.4, -0.2) is 32.9 Å². The van der Waals surface area contributed by atoms with Crippen LogP contribution in [0.5, 0.6) is 17.2 Å². The second kappa shape index (κ2) is 16.2. The Morgan fingerprint density at radius 2 is 1.31 bits per heavy atom. The van der Waals surface area contributed by atoms with Gasteiger partial charge in [-0.15, -0.1) is 0 Å². The smallest absolute Gasteiger partial charge is 0.360 e. The summed E-state index contributed by atoms with van der Waals surface area (Å²) in [7, 11) is 1.19. The number of nitrogens with one attached hydrogen (secondary N) is 1. The predicted molar refractivity (Wildman–Crippen MR) is 220 cm³/mol. The highest BCUT2D eigenvalue weighted by Crippen LogP contribution is 2.55. The van der Waals surface area contributed by atoms with Crippen molar-refractivity contribution < 1.29 is 23.4 Å². The number of ether oxygens (including phenoxy) is 3. The van der Waals surface area contributed by atoms with Gasteiger partial charge in [0.25, 0.3) is 5.91 Å². The van der Waals surface area contributed by atoms with Gasteiger partial charge in [0, 0.05) is 28.5 Å². The molecular formula is C46H41NO6P+. The van der Waals surface area contributed by atoms with E-state index in [4.69, 9.17) is 18.6 Å². The van der Waals surface area contributed by atoms with Crippen LogP contribution in [-0.2, 0) is 0 Å². The highest BCUT2D eigenvalue weighted by molar-refractivity contribution is 7.95. The lowest BCUT2D eigenvalue weighted by Crippen LogP contribution is -2.33. The van der Waals surface area contributed by atoms with Crippen molar-refractivity contribution in [1.82, 2.24) is 0 Å². The topological polar surface area (TPSA) is 87.0 Å². The van der Waals surface area contributed by atoms with E-state index in [1.807, 2.05) is 43.3 Å². The molecule has 6 aromatic carbocycles. The van der Waals surface area contributed by atoms with E-state index in [-0.39, 0.29) is 5.69 Å². The second-order valence-electron chi connectivity index (χ2n) is 12.9. The normalized spacial score (nSPS) is 11.2. The zero-order valence-electron chi connectivity index (χ0n) is 30.5. The lowest BCUT2D eigenvalue weighted by molar-refractivity contribution is 0.102. The molecule has 0 bridgehead atoms. The summed E-state index contributed by atoms with van der Waals surface area (Å²) in [5, 5.41) is 7.41. The van der Waals surface area contributed by atoms with Gasteiger partial charge in [-0.3, -0.25) is 4.79 Å². The fourth-order valence-electron chi connectivity index (χ4n) is 6.97. The summed E-state index contributed by atoms with van der Waals surface area (Å²) in [5.41, 5.74) is 2.42. The number of aryl methyl sites for hydroxylation is 1. The van der Waals surface area contributed by atoms with Crippen molar-refractivity contribution in [2.24, 2.45) is 0 Å². The maximum atomic E-state index is 13.4. The number of rotatable bonds is 13. The molecule has 54 heavy (non-hydrogen) atoms. The van der Waals surface area contributed by atoms with Crippen LogP contribution in [0.3, 0.4) is 0 Å². The van der Waals surface area contributed by atoms with E-state index in [1.54, 1.807) is 38.5 Å². The van der Waals surface area contributed by atoms with E-state index >= 15 is 0 Å². The monoisotopic (exact) mass is 734 g/mol. The predicted octanol–water partition coefficient (Wildman–Crippen LogP) is 8.80. The summed E-state index contributed by atoms with van der Waals surface area (Å²) in [5.74, 6) is 1.47. The van der Waals surface area contributed by atoms with Gasteiger partial charge in [0.05, 0.1) is 27.0 Å². The van der Waals surface area contributed by atoms with Crippen LogP contribution in [0.15, 0.2) is 161 Å². The molecule has 0 spiro atoms. The van der Waals surface area contributed by atoms with Gasteiger partial charge in [0.1, 0.15) is 51.7 Å². The summed E-state index contributed by atoms with van der Waals surface area (Å²) < 4.78 is 23.2. The molecule has 8 heteroatoms. The van der Waals surface area contributed by atoms with E-state index in [9.17, 15) is 9.59 Å². The highest BCUT2D eigenvalue weighted by Gasteiger charge is 2.44. The molecule has 0 saturated heterocycles. The molecule has 0 saturated carbocycles. The molecule has 7 aromatic rings. The molecule has 1 amide bonds. The second-order valence-corrected chi connectivity index (χ2v) is 16.5. The van der Waals surface area contributed by atoms with Gasteiger partial charge in [-0.25, -0.2) is 4.79 Å². The van der Waals surface area contributed by atoms with Crippen LogP contribution >= 0.6 is 7.26 Å². The molecule has 1 N–H and O–H groups in total. The van der Waals surface area contributed by atoms with Crippen molar-refractivity contribution in [2.45, 2.75) is 13.3 Å². The van der Waals surface area contributed by atoms with Gasteiger partial charge in [-0.2, -0.15) is 0 Å². The molecule has 0 fully saturated rings. The lowest BCUT2D eigenvalue weighted by atomic mass is 10.0. The SMILES string of the molecule is COc1cccc(-c2cc(C(=O)Nc3cc4ccc(OCCC[P+](c5ccccc5)(c5ccccc5)c5ccccc5)c(C)c4oc3=O)ccc2OC)c1. The van der Waals surface area contributed by atoms with Gasteiger partial charge in [0.15, 0.2) is 0 Å². The molecule has 1 aromatic heterocycles. The Kier molecular flexibility index (Phi) is 10.9. The third-order valence-electron chi connectivity index (χ3n) is 9.68. The average Bonchev–Trinajstić information content (AvgIpc) is 3.23. The van der Waals surface area contributed by atoms with Crippen LogP contribution in [0.25, 0.3) is 22.1 Å². The zero-order valence-corrected chi connectivity index (χ0v) is 31.3. The molecular weight excluding hydrogens is 693 g/mol. The Hall–Kier alpha value is -6.17. The first kappa shape index (κ1) is 36.2. The van der Waals surface area contributed by atoms with E-state index < -0.39 is 18.8 Å². The van der Waals surface area contributed by atoms with Gasteiger partial charge in [-0.05, 0) is 97.4 Å². The van der Waals surface area contributed by atoms with Gasteiger partial charge in [-0.1, -0.05) is 66.7 Å². The van der Waals surface area contributed by atoms with Crippen LogP contribution in [0, 0.1) is 6.92 Å². The fourth-order valence-corrected chi connectivity index (χ4v) is 11.3. The quantitative estimate of drug-likeness (QED) is 0.0725. The molecule has 0 unspecified atom stereocenters. The number of carbonyl (C=O) groups excluding carboxylic acids is 1. The minimum absolute atomic E-state index is 0.0439. The number of anilines is 1. The van der Waals surface area contributed by atoms with Crippen LogP contribution in [0.2, 0.25) is 0 Å². The van der Waals surface area contributed by atoms with Crippen molar-refractivity contribution in [3.8, 4) is 28.4 Å². The van der Waals surface area contributed by atoms with Crippen molar-refractivity contribution in [3.63, 3.8) is 0 Å². The summed E-state index contributed by atoms with van der Waals surface area (Å²) in [6.07, 6.45) is 1.73. The molecule has 270 valence electrons. The molecule has 7 rings (SSSR count). The van der Waals surface area contributed by atoms with Crippen molar-refractivity contribution in [1.29, 1.82) is 0 Å². The van der Waals surface area contributed by atoms with Crippen LogP contribution in [0.1, 0.15) is 22.3 Å². The fraction of sp³-hybridized carbons (Fsp3) is 0.130. The average molecular weight is 735 g/mol. The van der Waals surface area contributed by atoms with E-state index in [1.165, 1.54) is 15.9 Å². The summed E-state index contributed by atoms with van der Waals surface area (Å²) in [6, 6.07) is 50.4. The highest BCUT2D eigenvalue weighted by atomic mass is 31.2. The van der Waals surface area contributed by atoms with E-state index in [0.29, 0.717) is 46.0 Å². The molecule has 0 aliphatic rings. The van der Waals surface area contributed by atoms with Crippen LogP contribution in [0.4, 0.5) is 5.69 Å². The maximum absolute atomic E-state index is 13.4. The third-order valence-corrected chi connectivity index (χ3v) is 14.2. The first-order valence-electron chi connectivity index (χ1n) is 17.8. The molecule has 1 heterocycles. The zero-order chi connectivity index (χ0) is 37.5. The van der Waals surface area contributed by atoms with Gasteiger partial charge >= 0.3 is 5.63 Å². The number of hydrogen-bond acceptors (Lipinski definition) is 6. The number of benzene rings is 6. The number of fused-ring (bicyclic) bond motifs is 1. The number of amides is 1. The van der Waals surface area contributed by atoms with E-state index in [2.05, 4.69) is 96.3 Å². The largest absolute Gasteiger partial charge is 0.497 e. The van der Waals surface area contributed by atoms with Crippen LogP contribution < -0.4 is 41.1 Å². The van der Waals surface area contributed by atoms with Crippen molar-refractivity contribution in [3.05, 3.63) is 173 Å². The Bertz CT molecular complexity index is 2350. The maximum Gasteiger partial charge on any atom is 0.360 e. The van der Waals surface area contributed by atoms with E-state index in [0.717, 1.165) is 23.7 Å². The van der Waals surface area contributed by atoms with Gasteiger partial charge in [0.2, 0.25) is 0 Å². The lowest BCUT2D eigenvalue weighted by Gasteiger charge is -2.27. The molecule has 0 radical (unpaired) electrons. The summed E-state index contributed by atoms with van der Waals surface area (Å²) >= 11 is 0. The Morgan fingerprint density at radius 3 is 1.93 bits per heavy atom. The Labute approximate surface area is 315 Å². The molecule has 0 aliphatic heterocycles. The molecule has 7 nitrogen and oxygen atoms in total. The van der Waals surface area contributed by atoms with Crippen molar-refractivity contribution in [2.75, 3.05) is 32.3 Å². The third kappa shape index (κ3) is 7.36. The number of carbonyl (C=O) groups is 1. The standard InChI is InChI=1S/C46H40NO6P/c1-32-42(52-27-14-28-54(37-17-7-4-8-18-37,38-19-9-5-10-20-38)39-21-11-6-12-22-39)25-23-34-31-41(46(49)53-44(32)34)47-45(48)35-24-26-43(51-3)40(30-35)33-15-13-16-36(29-33)50-2/h4-13,15-26,29-31H,14,27-28H2,1-3H3/p+1. The summed E-state index contributed by atoms with van der Waals surface area (Å²) in [4.78, 5) is 26.7. The Morgan fingerprint density at radius 1 is 0.685 bits per heavy atom. The first-order valence-corrected chi connectivity index (χ1v) is 19.8. The summed E-state index contributed by atoms with van der Waals surface area (Å²) in [6.45, 7) is 2.37. The Balaban J connectivity index is 1.09. The molecule has 0 atom stereocenters. The number of hydrogen-bond donors (Lipinski definition) is 1. The van der Waals surface area contributed by atoms with Gasteiger partial charge < -0.3 is 23.9 Å². The van der Waals surface area contributed by atoms with Crippen molar-refractivity contribution >= 4 is 45.7 Å².